The van der Waals surface area contributed by atoms with Crippen molar-refractivity contribution in [2.24, 2.45) is 0 Å². The zero-order valence-corrected chi connectivity index (χ0v) is 7.66. The van der Waals surface area contributed by atoms with E-state index in [1.54, 1.807) is 6.07 Å². The van der Waals surface area contributed by atoms with Crippen LogP contribution in [0.5, 0.6) is 11.5 Å². The van der Waals surface area contributed by atoms with Gasteiger partial charge in [-0.15, -0.1) is 0 Å². The van der Waals surface area contributed by atoms with Crippen LogP contribution in [-0.2, 0) is 0 Å². The molecule has 14 heavy (non-hydrogen) atoms. The molecule has 1 fully saturated rings. The number of ether oxygens (including phenoxy) is 2. The van der Waals surface area contributed by atoms with Gasteiger partial charge < -0.3 is 9.47 Å². The van der Waals surface area contributed by atoms with E-state index >= 15 is 0 Å². The van der Waals surface area contributed by atoms with Gasteiger partial charge in [0.1, 0.15) is 6.29 Å². The second kappa shape index (κ2) is 2.74. The summed E-state index contributed by atoms with van der Waals surface area (Å²) in [4.78, 5) is 10.7. The van der Waals surface area contributed by atoms with Crippen LogP contribution in [0.15, 0.2) is 12.1 Å². The first-order valence-electron chi connectivity index (χ1n) is 4.77. The normalized spacial score (nSPS) is 18.3. The molecule has 1 aromatic rings. The van der Waals surface area contributed by atoms with E-state index in [9.17, 15) is 4.79 Å². The minimum absolute atomic E-state index is 0.275. The zero-order valence-electron chi connectivity index (χ0n) is 7.66. The largest absolute Gasteiger partial charge is 0.454 e. The molecule has 0 bridgehead atoms. The van der Waals surface area contributed by atoms with Gasteiger partial charge in [0.15, 0.2) is 11.5 Å². The molecule has 0 atom stereocenters. The molecule has 2 aliphatic rings. The van der Waals surface area contributed by atoms with Gasteiger partial charge in [-0.05, 0) is 30.9 Å². The molecule has 0 saturated heterocycles. The van der Waals surface area contributed by atoms with E-state index < -0.39 is 0 Å². The van der Waals surface area contributed by atoms with Crippen molar-refractivity contribution in [3.8, 4) is 11.5 Å². The maximum atomic E-state index is 10.7. The molecule has 1 aliphatic heterocycles. The van der Waals surface area contributed by atoms with E-state index in [1.807, 2.05) is 6.07 Å². The van der Waals surface area contributed by atoms with E-state index in [4.69, 9.17) is 9.47 Å². The third kappa shape index (κ3) is 1.09. The van der Waals surface area contributed by atoms with Crippen molar-refractivity contribution < 1.29 is 14.3 Å². The first kappa shape index (κ1) is 7.85. The van der Waals surface area contributed by atoms with E-state index in [1.165, 1.54) is 12.8 Å². The number of hydrogen-bond donors (Lipinski definition) is 0. The smallest absolute Gasteiger partial charge is 0.231 e. The predicted octanol–water partition coefficient (Wildman–Crippen LogP) is 2.11. The minimum Gasteiger partial charge on any atom is -0.454 e. The van der Waals surface area contributed by atoms with Gasteiger partial charge in [-0.25, -0.2) is 0 Å². The minimum atomic E-state index is 0.275. The predicted molar refractivity (Wildman–Crippen MR) is 49.9 cm³/mol. The molecule has 0 aromatic heterocycles. The van der Waals surface area contributed by atoms with Gasteiger partial charge >= 0.3 is 0 Å². The maximum Gasteiger partial charge on any atom is 0.231 e. The van der Waals surface area contributed by atoms with Crippen LogP contribution in [0.3, 0.4) is 0 Å². The summed E-state index contributed by atoms with van der Waals surface area (Å²) in [7, 11) is 0. The third-order valence-corrected chi connectivity index (χ3v) is 2.68. The van der Waals surface area contributed by atoms with Crippen LogP contribution >= 0.6 is 0 Å². The fourth-order valence-electron chi connectivity index (χ4n) is 1.83. The van der Waals surface area contributed by atoms with Gasteiger partial charge in [-0.3, -0.25) is 4.79 Å². The van der Waals surface area contributed by atoms with E-state index in [0.29, 0.717) is 11.5 Å². The number of hydrogen-bond acceptors (Lipinski definition) is 3. The molecule has 0 unspecified atom stereocenters. The Morgan fingerprint density at radius 3 is 2.86 bits per heavy atom. The van der Waals surface area contributed by atoms with Crippen LogP contribution < -0.4 is 9.47 Å². The highest BCUT2D eigenvalue weighted by Gasteiger charge is 2.31. The fourth-order valence-corrected chi connectivity index (χ4v) is 1.83. The second-order valence-electron chi connectivity index (χ2n) is 3.74. The molecule has 1 saturated carbocycles. The number of rotatable bonds is 2. The van der Waals surface area contributed by atoms with Gasteiger partial charge in [0, 0.05) is 11.1 Å². The van der Waals surface area contributed by atoms with Crippen molar-refractivity contribution >= 4 is 6.29 Å². The summed E-state index contributed by atoms with van der Waals surface area (Å²) in [6, 6.07) is 3.65. The Bertz CT molecular complexity index is 394. The van der Waals surface area contributed by atoms with E-state index in [-0.39, 0.29) is 6.79 Å². The number of fused-ring (bicyclic) bond motifs is 1. The van der Waals surface area contributed by atoms with E-state index in [2.05, 4.69) is 0 Å². The second-order valence-corrected chi connectivity index (χ2v) is 3.74. The van der Waals surface area contributed by atoms with Crippen LogP contribution in [0.25, 0.3) is 0 Å². The lowest BCUT2D eigenvalue weighted by Gasteiger charge is -2.04. The zero-order chi connectivity index (χ0) is 9.54. The molecule has 0 radical (unpaired) electrons. The quantitative estimate of drug-likeness (QED) is 0.670. The summed E-state index contributed by atoms with van der Waals surface area (Å²) in [5.74, 6) is 2.14. The number of carbonyl (C=O) groups excluding carboxylic acids is 1. The van der Waals surface area contributed by atoms with Crippen LogP contribution in [0, 0.1) is 0 Å². The van der Waals surface area contributed by atoms with Gasteiger partial charge in [0.25, 0.3) is 0 Å². The summed E-state index contributed by atoms with van der Waals surface area (Å²) >= 11 is 0. The van der Waals surface area contributed by atoms with Crippen molar-refractivity contribution in [1.29, 1.82) is 0 Å². The Morgan fingerprint density at radius 1 is 1.29 bits per heavy atom. The monoisotopic (exact) mass is 190 g/mol. The lowest BCUT2D eigenvalue weighted by atomic mass is 10.1. The first-order valence-corrected chi connectivity index (χ1v) is 4.77. The van der Waals surface area contributed by atoms with E-state index in [0.717, 1.165) is 23.3 Å². The first-order chi connectivity index (χ1) is 6.88. The van der Waals surface area contributed by atoms with Crippen molar-refractivity contribution in [1.82, 2.24) is 0 Å². The average Bonchev–Trinajstić information content (AvgIpc) is 2.95. The molecule has 3 nitrogen and oxygen atoms in total. The molecule has 72 valence electrons. The lowest BCUT2D eigenvalue weighted by molar-refractivity contribution is 0.112. The Kier molecular flexibility index (Phi) is 1.54. The Labute approximate surface area is 81.6 Å². The maximum absolute atomic E-state index is 10.7. The Morgan fingerprint density at radius 2 is 2.14 bits per heavy atom. The van der Waals surface area contributed by atoms with Crippen molar-refractivity contribution in [3.63, 3.8) is 0 Å². The molecule has 3 rings (SSSR count). The van der Waals surface area contributed by atoms with Crippen molar-refractivity contribution in [3.05, 3.63) is 23.3 Å². The molecule has 1 aliphatic carbocycles. The topological polar surface area (TPSA) is 35.5 Å². The third-order valence-electron chi connectivity index (χ3n) is 2.68. The molecular weight excluding hydrogens is 180 g/mol. The summed E-state index contributed by atoms with van der Waals surface area (Å²) in [5, 5.41) is 0. The Hall–Kier alpha value is -1.51. The number of aldehydes is 1. The van der Waals surface area contributed by atoms with Crippen LogP contribution in [0.2, 0.25) is 0 Å². The molecule has 0 amide bonds. The van der Waals surface area contributed by atoms with Crippen molar-refractivity contribution in [2.75, 3.05) is 6.79 Å². The Balaban J connectivity index is 2.15. The summed E-state index contributed by atoms with van der Waals surface area (Å²) in [5.41, 5.74) is 1.82. The molecule has 1 aromatic carbocycles. The highest BCUT2D eigenvalue weighted by molar-refractivity contribution is 5.78. The standard InChI is InChI=1S/C11H10O3/c12-5-7-3-9(8-1-2-8)11-10(4-7)13-6-14-11/h3-5,8H,1-2,6H2. The highest BCUT2D eigenvalue weighted by Crippen LogP contribution is 2.49. The average molecular weight is 190 g/mol. The molecule has 3 heteroatoms. The van der Waals surface area contributed by atoms with Gasteiger partial charge in [0.05, 0.1) is 0 Å². The summed E-state index contributed by atoms with van der Waals surface area (Å²) in [6.07, 6.45) is 3.24. The summed E-state index contributed by atoms with van der Waals surface area (Å²) < 4.78 is 10.7. The van der Waals surface area contributed by atoms with Crippen LogP contribution in [0.4, 0.5) is 0 Å². The highest BCUT2D eigenvalue weighted by atomic mass is 16.7. The number of carbonyl (C=O) groups is 1. The molecular formula is C11H10O3. The van der Waals surface area contributed by atoms with Gasteiger partial charge in [-0.1, -0.05) is 0 Å². The SMILES string of the molecule is O=Cc1cc2c(c(C3CC3)c1)OCO2. The van der Waals surface area contributed by atoms with Gasteiger partial charge in [-0.2, -0.15) is 0 Å². The van der Waals surface area contributed by atoms with Crippen LogP contribution in [0.1, 0.15) is 34.7 Å². The fraction of sp³-hybridized carbons (Fsp3) is 0.364. The van der Waals surface area contributed by atoms with Gasteiger partial charge in [0.2, 0.25) is 6.79 Å². The summed E-state index contributed by atoms with van der Waals surface area (Å²) in [6.45, 7) is 0.275. The number of benzene rings is 1. The molecule has 1 heterocycles. The lowest BCUT2D eigenvalue weighted by Crippen LogP contribution is -1.94. The van der Waals surface area contributed by atoms with Crippen LogP contribution in [-0.4, -0.2) is 13.1 Å². The molecule has 0 N–H and O–H groups in total. The van der Waals surface area contributed by atoms with Crippen molar-refractivity contribution in [2.45, 2.75) is 18.8 Å². The molecule has 0 spiro atoms.